The van der Waals surface area contributed by atoms with Crippen LogP contribution in [0.3, 0.4) is 0 Å². The summed E-state index contributed by atoms with van der Waals surface area (Å²) in [7, 11) is 3.18. The van der Waals surface area contributed by atoms with Gasteiger partial charge >= 0.3 is 0 Å². The summed E-state index contributed by atoms with van der Waals surface area (Å²) < 4.78 is 18.0. The highest BCUT2D eigenvalue weighted by Crippen LogP contribution is 2.28. The maximum absolute atomic E-state index is 12.9. The lowest BCUT2D eigenvalue weighted by molar-refractivity contribution is -0.132. The molecule has 1 fully saturated rings. The summed E-state index contributed by atoms with van der Waals surface area (Å²) in [5.74, 6) is 1.91. The molecule has 1 aromatic carbocycles. The van der Waals surface area contributed by atoms with Crippen LogP contribution in [0, 0.1) is 0 Å². The highest BCUT2D eigenvalue weighted by molar-refractivity contribution is 5.85. The third kappa shape index (κ3) is 4.88. The lowest BCUT2D eigenvalue weighted by atomic mass is 9.87. The summed E-state index contributed by atoms with van der Waals surface area (Å²) in [6, 6.07) is 7.18. The zero-order valence-electron chi connectivity index (χ0n) is 16.1. The van der Waals surface area contributed by atoms with Crippen molar-refractivity contribution < 1.29 is 19.0 Å². The van der Waals surface area contributed by atoms with Gasteiger partial charge in [0.2, 0.25) is 5.91 Å². The van der Waals surface area contributed by atoms with Crippen LogP contribution in [0.25, 0.3) is 0 Å². The van der Waals surface area contributed by atoms with Gasteiger partial charge in [0.05, 0.1) is 20.8 Å². The van der Waals surface area contributed by atoms with Gasteiger partial charge in [-0.1, -0.05) is 0 Å². The van der Waals surface area contributed by atoms with Crippen LogP contribution in [0.15, 0.2) is 36.7 Å². The Morgan fingerprint density at radius 1 is 1.18 bits per heavy atom. The monoisotopic (exact) mass is 410 g/mol. The van der Waals surface area contributed by atoms with Crippen LogP contribution in [0.1, 0.15) is 12.8 Å². The minimum Gasteiger partial charge on any atom is -0.496 e. The predicted octanol–water partition coefficient (Wildman–Crippen LogP) is 1.60. The van der Waals surface area contributed by atoms with Crippen LogP contribution < -0.4 is 24.8 Å². The van der Waals surface area contributed by atoms with Gasteiger partial charge in [0.15, 0.2) is 0 Å². The predicted molar refractivity (Wildman–Crippen MR) is 108 cm³/mol. The Kier molecular flexibility index (Phi) is 7.95. The van der Waals surface area contributed by atoms with Gasteiger partial charge in [0.25, 0.3) is 0 Å². The van der Waals surface area contributed by atoms with E-state index in [-0.39, 0.29) is 18.3 Å². The molecule has 2 heterocycles. The van der Waals surface area contributed by atoms with Crippen LogP contribution in [-0.4, -0.2) is 56.1 Å². The standard InChI is InChI=1S/C19H26N4O4.ClH/c1-25-15-12-16(26-2)14-17(13-15)27-11-9-21-18(24)19(4-7-20-8-5-19)23-10-3-6-22-23;/h3,6,10,12-14,20H,4-5,7-9,11H2,1-2H3,(H,21,24);1H. The molecule has 3 rings (SSSR count). The molecule has 0 spiro atoms. The first kappa shape index (κ1) is 21.8. The molecule has 1 aliphatic rings. The number of methoxy groups -OCH3 is 2. The van der Waals surface area contributed by atoms with Crippen molar-refractivity contribution >= 4 is 18.3 Å². The Morgan fingerprint density at radius 3 is 2.39 bits per heavy atom. The van der Waals surface area contributed by atoms with Crippen LogP contribution >= 0.6 is 12.4 Å². The molecule has 154 valence electrons. The van der Waals surface area contributed by atoms with E-state index in [1.165, 1.54) is 0 Å². The van der Waals surface area contributed by atoms with Crippen molar-refractivity contribution in [1.82, 2.24) is 20.4 Å². The van der Waals surface area contributed by atoms with Crippen molar-refractivity contribution in [1.29, 1.82) is 0 Å². The number of carbonyl (C=O) groups is 1. The molecule has 0 saturated carbocycles. The molecule has 0 atom stereocenters. The van der Waals surface area contributed by atoms with Gasteiger partial charge in [0, 0.05) is 30.6 Å². The topological polar surface area (TPSA) is 86.6 Å². The van der Waals surface area contributed by atoms with Crippen molar-refractivity contribution in [3.05, 3.63) is 36.7 Å². The fraction of sp³-hybridized carbons (Fsp3) is 0.474. The van der Waals surface area contributed by atoms with E-state index in [0.717, 1.165) is 13.1 Å². The van der Waals surface area contributed by atoms with E-state index in [4.69, 9.17) is 14.2 Å². The van der Waals surface area contributed by atoms with Crippen molar-refractivity contribution in [2.75, 3.05) is 40.5 Å². The lowest BCUT2D eigenvalue weighted by Crippen LogP contribution is -2.55. The van der Waals surface area contributed by atoms with Crippen molar-refractivity contribution in [2.24, 2.45) is 0 Å². The van der Waals surface area contributed by atoms with E-state index in [1.807, 2.05) is 12.3 Å². The summed E-state index contributed by atoms with van der Waals surface area (Å²) >= 11 is 0. The molecular formula is C19H27ClN4O4. The second-order valence-corrected chi connectivity index (χ2v) is 6.38. The third-order valence-corrected chi connectivity index (χ3v) is 4.78. The summed E-state index contributed by atoms with van der Waals surface area (Å²) in [5, 5.41) is 10.6. The molecule has 8 nitrogen and oxygen atoms in total. The zero-order chi connectivity index (χ0) is 19.1. The average molecular weight is 411 g/mol. The summed E-state index contributed by atoms with van der Waals surface area (Å²) in [5.41, 5.74) is -0.645. The number of halogens is 1. The fourth-order valence-electron chi connectivity index (χ4n) is 3.29. The number of nitrogens with one attached hydrogen (secondary N) is 2. The largest absolute Gasteiger partial charge is 0.496 e. The van der Waals surface area contributed by atoms with Gasteiger partial charge in [-0.25, -0.2) is 0 Å². The van der Waals surface area contributed by atoms with Gasteiger partial charge in [-0.15, -0.1) is 12.4 Å². The highest BCUT2D eigenvalue weighted by Gasteiger charge is 2.41. The molecule has 28 heavy (non-hydrogen) atoms. The normalized spacial score (nSPS) is 15.2. The van der Waals surface area contributed by atoms with Crippen molar-refractivity contribution in [2.45, 2.75) is 18.4 Å². The molecule has 1 aliphatic heterocycles. The van der Waals surface area contributed by atoms with Gasteiger partial charge in [-0.3, -0.25) is 9.48 Å². The SMILES string of the molecule is COc1cc(OC)cc(OCCNC(=O)C2(n3cccn3)CCNCC2)c1.Cl. The maximum Gasteiger partial charge on any atom is 0.248 e. The number of rotatable bonds is 8. The number of ether oxygens (including phenoxy) is 3. The van der Waals surface area contributed by atoms with Crippen LogP contribution in [0.2, 0.25) is 0 Å². The van der Waals surface area contributed by atoms with E-state index >= 15 is 0 Å². The Morgan fingerprint density at radius 2 is 1.82 bits per heavy atom. The van der Waals surface area contributed by atoms with E-state index in [9.17, 15) is 4.79 Å². The van der Waals surface area contributed by atoms with E-state index < -0.39 is 5.54 Å². The Balaban J connectivity index is 0.00000280. The number of aromatic nitrogens is 2. The molecule has 9 heteroatoms. The number of amides is 1. The van der Waals surface area contributed by atoms with Gasteiger partial charge in [-0.05, 0) is 32.0 Å². The van der Waals surface area contributed by atoms with E-state index in [0.29, 0.717) is 43.2 Å². The molecule has 2 aromatic rings. The molecule has 0 unspecified atom stereocenters. The number of piperidine rings is 1. The van der Waals surface area contributed by atoms with Crippen molar-refractivity contribution in [3.8, 4) is 17.2 Å². The molecule has 1 amide bonds. The molecule has 0 aliphatic carbocycles. The molecule has 1 saturated heterocycles. The van der Waals surface area contributed by atoms with Crippen molar-refractivity contribution in [3.63, 3.8) is 0 Å². The first-order valence-electron chi connectivity index (χ1n) is 9.03. The van der Waals surface area contributed by atoms with Gasteiger partial charge in [-0.2, -0.15) is 5.10 Å². The van der Waals surface area contributed by atoms with E-state index in [2.05, 4.69) is 15.7 Å². The first-order valence-corrected chi connectivity index (χ1v) is 9.03. The second-order valence-electron chi connectivity index (χ2n) is 6.38. The smallest absolute Gasteiger partial charge is 0.248 e. The summed E-state index contributed by atoms with van der Waals surface area (Å²) in [6.07, 6.45) is 4.96. The third-order valence-electron chi connectivity index (χ3n) is 4.78. The Hall–Kier alpha value is -2.45. The van der Waals surface area contributed by atoms with Gasteiger partial charge < -0.3 is 24.8 Å². The number of hydrogen-bond donors (Lipinski definition) is 2. The molecular weight excluding hydrogens is 384 g/mol. The van der Waals surface area contributed by atoms with Gasteiger partial charge in [0.1, 0.15) is 29.4 Å². The molecule has 2 N–H and O–H groups in total. The number of carbonyl (C=O) groups excluding carboxylic acids is 1. The minimum atomic E-state index is -0.645. The molecule has 0 bridgehead atoms. The number of hydrogen-bond acceptors (Lipinski definition) is 6. The first-order chi connectivity index (χ1) is 13.2. The molecule has 1 aromatic heterocycles. The molecule has 0 radical (unpaired) electrons. The average Bonchev–Trinajstić information content (AvgIpc) is 3.26. The van der Waals surface area contributed by atoms with Crippen LogP contribution in [0.5, 0.6) is 17.2 Å². The minimum absolute atomic E-state index is 0. The number of nitrogens with zero attached hydrogens (tertiary/aromatic N) is 2. The Labute approximate surface area is 170 Å². The zero-order valence-corrected chi connectivity index (χ0v) is 17.0. The maximum atomic E-state index is 12.9. The lowest BCUT2D eigenvalue weighted by Gasteiger charge is -2.36. The highest BCUT2D eigenvalue weighted by atomic mass is 35.5. The Bertz CT molecular complexity index is 726. The fourth-order valence-corrected chi connectivity index (χ4v) is 3.29. The summed E-state index contributed by atoms with van der Waals surface area (Å²) in [4.78, 5) is 12.9. The van der Waals surface area contributed by atoms with E-state index in [1.54, 1.807) is 43.3 Å². The second kappa shape index (κ2) is 10.2. The summed E-state index contributed by atoms with van der Waals surface area (Å²) in [6.45, 7) is 2.31. The van der Waals surface area contributed by atoms with Crippen LogP contribution in [0.4, 0.5) is 0 Å². The number of benzene rings is 1. The quantitative estimate of drug-likeness (QED) is 0.643. The van der Waals surface area contributed by atoms with Crippen LogP contribution in [-0.2, 0) is 10.3 Å².